The first-order valence-corrected chi connectivity index (χ1v) is 9.22. The first-order valence-electron chi connectivity index (χ1n) is 9.22. The minimum Gasteiger partial charge on any atom is -0.341 e. The Morgan fingerprint density at radius 3 is 2.23 bits per heavy atom. The Morgan fingerprint density at radius 1 is 0.962 bits per heavy atom. The second kappa shape index (κ2) is 8.77. The van der Waals surface area contributed by atoms with E-state index in [4.69, 9.17) is 0 Å². The monoisotopic (exact) mass is 349 g/mol. The molecule has 0 saturated heterocycles. The van der Waals surface area contributed by atoms with Gasteiger partial charge in [0.2, 0.25) is 5.95 Å². The first-order chi connectivity index (χ1) is 12.6. The van der Waals surface area contributed by atoms with Gasteiger partial charge in [0.1, 0.15) is 0 Å². The van der Waals surface area contributed by atoms with E-state index in [9.17, 15) is 0 Å². The lowest BCUT2D eigenvalue weighted by Gasteiger charge is -2.33. The van der Waals surface area contributed by atoms with Gasteiger partial charge in [0.25, 0.3) is 0 Å². The van der Waals surface area contributed by atoms with Crippen molar-refractivity contribution in [2.24, 2.45) is 5.92 Å². The number of rotatable bonds is 4. The summed E-state index contributed by atoms with van der Waals surface area (Å²) in [6.07, 6.45) is 12.0. The van der Waals surface area contributed by atoms with Gasteiger partial charge in [0.15, 0.2) is 0 Å². The van der Waals surface area contributed by atoms with Crippen LogP contribution in [0, 0.1) is 17.8 Å². The van der Waals surface area contributed by atoms with Gasteiger partial charge in [-0.25, -0.2) is 9.97 Å². The van der Waals surface area contributed by atoms with Crippen LogP contribution in [0.2, 0.25) is 0 Å². The van der Waals surface area contributed by atoms with E-state index in [1.54, 1.807) is 12.4 Å². The van der Waals surface area contributed by atoms with Crippen molar-refractivity contribution in [3.63, 3.8) is 0 Å². The van der Waals surface area contributed by atoms with Crippen LogP contribution < -0.4 is 4.90 Å². The molecule has 1 aliphatic rings. The van der Waals surface area contributed by atoms with Crippen molar-refractivity contribution in [3.8, 4) is 23.0 Å². The first kappa shape index (κ1) is 18.3. The van der Waals surface area contributed by atoms with E-state index in [0.717, 1.165) is 49.3 Å². The molecule has 5 nitrogen and oxygen atoms in total. The van der Waals surface area contributed by atoms with E-state index in [1.807, 2.05) is 24.5 Å². The molecule has 1 aliphatic carbocycles. The number of anilines is 1. The fraction of sp³-hybridized carbons (Fsp3) is 0.476. The standard InChI is InChI=1S/C21H27N5/c1-25(2)14-4-5-17-6-8-20(9-7-17)26(3)21-23-15-19(16-24-21)18-10-12-22-13-11-18/h10-13,15-17,20H,6-9,14H2,1-3H3. The predicted molar refractivity (Wildman–Crippen MR) is 106 cm³/mol. The normalized spacial score (nSPS) is 19.7. The Kier molecular flexibility index (Phi) is 6.19. The van der Waals surface area contributed by atoms with Crippen LogP contribution in [0.1, 0.15) is 25.7 Å². The molecular formula is C21H27N5. The molecule has 2 heterocycles. The van der Waals surface area contributed by atoms with Crippen molar-refractivity contribution in [1.29, 1.82) is 0 Å². The van der Waals surface area contributed by atoms with Gasteiger partial charge in [-0.05, 0) is 57.5 Å². The number of pyridine rings is 1. The summed E-state index contributed by atoms with van der Waals surface area (Å²) in [4.78, 5) is 17.5. The maximum atomic E-state index is 4.58. The van der Waals surface area contributed by atoms with Crippen molar-refractivity contribution in [2.75, 3.05) is 32.6 Å². The fourth-order valence-corrected chi connectivity index (χ4v) is 3.32. The van der Waals surface area contributed by atoms with Crippen molar-refractivity contribution < 1.29 is 0 Å². The van der Waals surface area contributed by atoms with Crippen molar-refractivity contribution in [3.05, 3.63) is 36.9 Å². The molecule has 0 aliphatic heterocycles. The molecule has 1 saturated carbocycles. The summed E-state index contributed by atoms with van der Waals surface area (Å²) in [6.45, 7) is 0.845. The van der Waals surface area contributed by atoms with Crippen LogP contribution in [0.15, 0.2) is 36.9 Å². The van der Waals surface area contributed by atoms with Gasteiger partial charge in [-0.1, -0.05) is 11.8 Å². The van der Waals surface area contributed by atoms with E-state index in [0.29, 0.717) is 12.0 Å². The molecule has 0 N–H and O–H groups in total. The Balaban J connectivity index is 1.56. The minimum absolute atomic E-state index is 0.494. The van der Waals surface area contributed by atoms with Gasteiger partial charge < -0.3 is 4.90 Å². The molecule has 2 aromatic heterocycles. The molecule has 2 aromatic rings. The summed E-state index contributed by atoms with van der Waals surface area (Å²) in [7, 11) is 6.21. The molecule has 0 radical (unpaired) electrons. The highest BCUT2D eigenvalue weighted by molar-refractivity contribution is 5.61. The van der Waals surface area contributed by atoms with E-state index in [-0.39, 0.29) is 0 Å². The lowest BCUT2D eigenvalue weighted by Crippen LogP contribution is -2.36. The lowest BCUT2D eigenvalue weighted by atomic mass is 9.86. The average Bonchev–Trinajstić information content (AvgIpc) is 2.68. The number of hydrogen-bond donors (Lipinski definition) is 0. The number of aromatic nitrogens is 3. The third-order valence-electron chi connectivity index (χ3n) is 4.91. The minimum atomic E-state index is 0.494. The Bertz CT molecular complexity index is 737. The van der Waals surface area contributed by atoms with E-state index >= 15 is 0 Å². The SMILES string of the molecule is CN(C)CC#CC1CCC(N(C)c2ncc(-c3ccncc3)cn2)CC1. The van der Waals surface area contributed by atoms with E-state index < -0.39 is 0 Å². The fourth-order valence-electron chi connectivity index (χ4n) is 3.32. The largest absolute Gasteiger partial charge is 0.341 e. The molecule has 0 aromatic carbocycles. The molecular weight excluding hydrogens is 322 g/mol. The average molecular weight is 349 g/mol. The highest BCUT2D eigenvalue weighted by Gasteiger charge is 2.24. The van der Waals surface area contributed by atoms with Crippen LogP contribution in [0.3, 0.4) is 0 Å². The van der Waals surface area contributed by atoms with E-state index in [1.165, 1.54) is 0 Å². The Labute approximate surface area is 156 Å². The van der Waals surface area contributed by atoms with Crippen molar-refractivity contribution in [2.45, 2.75) is 31.7 Å². The molecule has 0 spiro atoms. The molecule has 0 amide bonds. The Hall–Kier alpha value is -2.45. The van der Waals surface area contributed by atoms with E-state index in [2.05, 4.69) is 57.7 Å². The van der Waals surface area contributed by atoms with Crippen molar-refractivity contribution in [1.82, 2.24) is 19.9 Å². The van der Waals surface area contributed by atoms with Crippen LogP contribution in [-0.2, 0) is 0 Å². The second-order valence-corrected chi connectivity index (χ2v) is 7.18. The molecule has 5 heteroatoms. The lowest BCUT2D eigenvalue weighted by molar-refractivity contribution is 0.371. The Morgan fingerprint density at radius 2 is 1.62 bits per heavy atom. The number of nitrogens with zero attached hydrogens (tertiary/aromatic N) is 5. The molecule has 0 bridgehead atoms. The maximum Gasteiger partial charge on any atom is 0.225 e. The molecule has 136 valence electrons. The summed E-state index contributed by atoms with van der Waals surface area (Å²) < 4.78 is 0. The summed E-state index contributed by atoms with van der Waals surface area (Å²) in [5.74, 6) is 8.05. The number of hydrogen-bond acceptors (Lipinski definition) is 5. The van der Waals surface area contributed by atoms with Gasteiger partial charge >= 0.3 is 0 Å². The zero-order valence-electron chi connectivity index (χ0n) is 15.9. The second-order valence-electron chi connectivity index (χ2n) is 7.18. The van der Waals surface area contributed by atoms with Crippen LogP contribution in [0.4, 0.5) is 5.95 Å². The summed E-state index contributed by atoms with van der Waals surface area (Å²) in [6, 6.07) is 4.44. The highest BCUT2D eigenvalue weighted by Crippen LogP contribution is 2.28. The summed E-state index contributed by atoms with van der Waals surface area (Å²) >= 11 is 0. The van der Waals surface area contributed by atoms with Crippen LogP contribution in [0.5, 0.6) is 0 Å². The molecule has 3 rings (SSSR count). The molecule has 26 heavy (non-hydrogen) atoms. The zero-order valence-corrected chi connectivity index (χ0v) is 15.9. The third-order valence-corrected chi connectivity index (χ3v) is 4.91. The van der Waals surface area contributed by atoms with Gasteiger partial charge in [0.05, 0.1) is 6.54 Å². The smallest absolute Gasteiger partial charge is 0.225 e. The zero-order chi connectivity index (χ0) is 18.4. The maximum absolute atomic E-state index is 4.58. The van der Waals surface area contributed by atoms with Crippen LogP contribution in [-0.4, -0.2) is 53.6 Å². The van der Waals surface area contributed by atoms with Crippen molar-refractivity contribution >= 4 is 5.95 Å². The predicted octanol–water partition coefficient (Wildman–Crippen LogP) is 3.10. The van der Waals surface area contributed by atoms with Gasteiger partial charge in [-0.2, -0.15) is 0 Å². The third kappa shape index (κ3) is 4.80. The molecule has 0 atom stereocenters. The van der Waals surface area contributed by atoms with Gasteiger partial charge in [-0.3, -0.25) is 9.88 Å². The molecule has 1 fully saturated rings. The van der Waals surface area contributed by atoms with Crippen LogP contribution in [0.25, 0.3) is 11.1 Å². The molecule has 0 unspecified atom stereocenters. The van der Waals surface area contributed by atoms with Crippen LogP contribution >= 0.6 is 0 Å². The summed E-state index contributed by atoms with van der Waals surface area (Å²) in [5.41, 5.74) is 2.11. The quantitative estimate of drug-likeness (QED) is 0.794. The topological polar surface area (TPSA) is 45.2 Å². The van der Waals surface area contributed by atoms with Gasteiger partial charge in [0, 0.05) is 49.4 Å². The summed E-state index contributed by atoms with van der Waals surface area (Å²) in [5, 5.41) is 0. The highest BCUT2D eigenvalue weighted by atomic mass is 15.2. The van der Waals surface area contributed by atoms with Gasteiger partial charge in [-0.15, -0.1) is 0 Å².